The Kier molecular flexibility index (Phi) is 9.48. The molecule has 0 amide bonds. The molecule has 0 saturated carbocycles. The lowest BCUT2D eigenvalue weighted by atomic mass is 9.99. The molecule has 0 saturated heterocycles. The summed E-state index contributed by atoms with van der Waals surface area (Å²) in [5.74, 6) is 0.721. The molecule has 5 nitrogen and oxygen atoms in total. The van der Waals surface area contributed by atoms with Crippen LogP contribution in [-0.2, 0) is 0 Å². The molecule has 0 N–H and O–H groups in total. The predicted molar refractivity (Wildman–Crippen MR) is 301 cm³/mol. The van der Waals surface area contributed by atoms with Gasteiger partial charge in [-0.25, -0.2) is 9.97 Å². The zero-order valence-electron chi connectivity index (χ0n) is 40.2. The number of nitrogens with zero attached hydrogens (tertiary/aromatic N) is 5. The molecular formula is C67H47N5. The number of aryl methyl sites for hydroxylation is 3. The van der Waals surface area contributed by atoms with Gasteiger partial charge in [0.25, 0.3) is 0 Å². The molecule has 0 atom stereocenters. The zero-order valence-corrected chi connectivity index (χ0v) is 40.2. The van der Waals surface area contributed by atoms with Gasteiger partial charge in [0.2, 0.25) is 0 Å². The number of rotatable bonds is 7. The van der Waals surface area contributed by atoms with E-state index in [1.54, 1.807) is 0 Å². The van der Waals surface area contributed by atoms with E-state index in [0.29, 0.717) is 0 Å². The first-order valence-corrected chi connectivity index (χ1v) is 24.7. The van der Waals surface area contributed by atoms with Crippen molar-refractivity contribution >= 4 is 65.4 Å². The zero-order chi connectivity index (χ0) is 48.0. The minimum atomic E-state index is 0.721. The van der Waals surface area contributed by atoms with E-state index in [9.17, 15) is 0 Å². The molecule has 14 rings (SSSR count). The first kappa shape index (κ1) is 41.6. The van der Waals surface area contributed by atoms with Crippen LogP contribution in [0.5, 0.6) is 0 Å². The summed E-state index contributed by atoms with van der Waals surface area (Å²) in [6, 6.07) is 83.8. The Labute approximate surface area is 417 Å². The molecule has 4 aromatic heterocycles. The van der Waals surface area contributed by atoms with Crippen LogP contribution in [0.1, 0.15) is 16.7 Å². The molecule has 0 fully saturated rings. The molecule has 4 heterocycles. The lowest BCUT2D eigenvalue weighted by molar-refractivity contribution is 1.14. The van der Waals surface area contributed by atoms with Crippen LogP contribution in [0.3, 0.4) is 0 Å². The summed E-state index contributed by atoms with van der Waals surface area (Å²) in [7, 11) is 0. The number of hydrogen-bond acceptors (Lipinski definition) is 2. The third-order valence-corrected chi connectivity index (χ3v) is 14.7. The average molecular weight is 922 g/mol. The summed E-state index contributed by atoms with van der Waals surface area (Å²) in [5, 5.41) is 7.41. The monoisotopic (exact) mass is 921 g/mol. The fourth-order valence-corrected chi connectivity index (χ4v) is 11.3. The first-order valence-electron chi connectivity index (χ1n) is 24.7. The van der Waals surface area contributed by atoms with Crippen LogP contribution in [0.4, 0.5) is 0 Å². The molecule has 0 aliphatic rings. The van der Waals surface area contributed by atoms with Crippen LogP contribution < -0.4 is 0 Å². The van der Waals surface area contributed by atoms with E-state index in [1.807, 2.05) is 0 Å². The van der Waals surface area contributed by atoms with Crippen LogP contribution in [0.25, 0.3) is 128 Å². The highest BCUT2D eigenvalue weighted by Gasteiger charge is 2.20. The van der Waals surface area contributed by atoms with Crippen molar-refractivity contribution in [2.75, 3.05) is 0 Å². The first-order chi connectivity index (χ1) is 35.4. The third kappa shape index (κ3) is 6.69. The maximum absolute atomic E-state index is 5.15. The van der Waals surface area contributed by atoms with Crippen molar-refractivity contribution in [1.29, 1.82) is 0 Å². The second-order valence-electron chi connectivity index (χ2n) is 19.3. The Bertz CT molecular complexity index is 4150. The molecule has 0 radical (unpaired) electrons. The van der Waals surface area contributed by atoms with E-state index < -0.39 is 0 Å². The summed E-state index contributed by atoms with van der Waals surface area (Å²) in [6.07, 6.45) is 0. The standard InChI is InChI=1S/C67H47N5/c1-42-14-12-16-48(36-42)59-41-58(68-67(69-59)49-17-13-15-43(2)37-49)46-28-26-45(27-29-46)47-30-33-60(44(3)38-47)72-65-34-31-50(70-61-22-8-4-18-52(61)53-19-5-9-23-62(53)70)39-56(65)57-40-51(32-35-66(57)72)71-63-24-10-6-20-54(63)55-21-7-11-25-64(55)71/h4-41H,1-3H3. The SMILES string of the molecule is Cc1cccc(-c2cc(-c3ccc(-c4ccc(-n5c6ccc(-n7c8ccccc8c8ccccc87)cc6c6cc(-n7c8ccccc8c8ccccc87)ccc65)c(C)c4)cc3)nc(-c3cccc(C)c3)n2)c1. The van der Waals surface area contributed by atoms with Crippen molar-refractivity contribution in [3.8, 4) is 62.1 Å². The molecule has 0 unspecified atom stereocenters. The van der Waals surface area contributed by atoms with Crippen molar-refractivity contribution in [3.05, 3.63) is 247 Å². The lowest BCUT2D eigenvalue weighted by Gasteiger charge is -2.14. The largest absolute Gasteiger partial charge is 0.309 e. The summed E-state index contributed by atoms with van der Waals surface area (Å²) >= 11 is 0. The fourth-order valence-electron chi connectivity index (χ4n) is 11.3. The number of para-hydroxylation sites is 4. The molecule has 72 heavy (non-hydrogen) atoms. The molecule has 0 spiro atoms. The molecule has 0 aliphatic heterocycles. The third-order valence-electron chi connectivity index (χ3n) is 14.7. The quantitative estimate of drug-likeness (QED) is 0.160. The van der Waals surface area contributed by atoms with Crippen LogP contribution >= 0.6 is 0 Å². The summed E-state index contributed by atoms with van der Waals surface area (Å²) < 4.78 is 7.31. The molecular weight excluding hydrogens is 875 g/mol. The summed E-state index contributed by atoms with van der Waals surface area (Å²) in [4.78, 5) is 10.2. The Morgan fingerprint density at radius 1 is 0.278 bits per heavy atom. The van der Waals surface area contributed by atoms with Gasteiger partial charge in [-0.2, -0.15) is 0 Å². The molecule has 10 aromatic carbocycles. The van der Waals surface area contributed by atoms with E-state index >= 15 is 0 Å². The maximum atomic E-state index is 5.15. The Hall–Kier alpha value is -9.32. The van der Waals surface area contributed by atoms with Crippen LogP contribution in [-0.4, -0.2) is 23.7 Å². The Morgan fingerprint density at radius 2 is 0.708 bits per heavy atom. The Morgan fingerprint density at radius 3 is 1.21 bits per heavy atom. The van der Waals surface area contributed by atoms with Gasteiger partial charge < -0.3 is 13.7 Å². The average Bonchev–Trinajstić information content (AvgIpc) is 4.06. The summed E-state index contributed by atoms with van der Waals surface area (Å²) in [6.45, 7) is 6.47. The van der Waals surface area contributed by atoms with Gasteiger partial charge in [-0.05, 0) is 128 Å². The number of aromatic nitrogens is 5. The van der Waals surface area contributed by atoms with Gasteiger partial charge in [-0.1, -0.05) is 151 Å². The highest BCUT2D eigenvalue weighted by molar-refractivity contribution is 6.14. The van der Waals surface area contributed by atoms with Gasteiger partial charge in [0, 0.05) is 66.1 Å². The van der Waals surface area contributed by atoms with Crippen molar-refractivity contribution in [3.63, 3.8) is 0 Å². The van der Waals surface area contributed by atoms with Crippen molar-refractivity contribution in [2.24, 2.45) is 0 Å². The maximum Gasteiger partial charge on any atom is 0.160 e. The number of fused-ring (bicyclic) bond motifs is 9. The van der Waals surface area contributed by atoms with Gasteiger partial charge in [-0.15, -0.1) is 0 Å². The van der Waals surface area contributed by atoms with Gasteiger partial charge in [0.15, 0.2) is 5.82 Å². The molecule has 0 bridgehead atoms. The molecule has 340 valence electrons. The number of hydrogen-bond donors (Lipinski definition) is 0. The van der Waals surface area contributed by atoms with E-state index in [4.69, 9.17) is 9.97 Å². The minimum absolute atomic E-state index is 0.721. The minimum Gasteiger partial charge on any atom is -0.309 e. The van der Waals surface area contributed by atoms with Crippen LogP contribution in [0.15, 0.2) is 231 Å². The molecule has 5 heteroatoms. The fraction of sp³-hybridized carbons (Fsp3) is 0.0448. The van der Waals surface area contributed by atoms with E-state index in [0.717, 1.165) is 73.1 Å². The van der Waals surface area contributed by atoms with Crippen molar-refractivity contribution < 1.29 is 0 Å². The van der Waals surface area contributed by atoms with Crippen LogP contribution in [0.2, 0.25) is 0 Å². The van der Waals surface area contributed by atoms with E-state index in [1.165, 1.54) is 71.1 Å². The van der Waals surface area contributed by atoms with Gasteiger partial charge in [0.05, 0.1) is 44.5 Å². The van der Waals surface area contributed by atoms with Gasteiger partial charge >= 0.3 is 0 Å². The molecule has 0 aliphatic carbocycles. The topological polar surface area (TPSA) is 40.6 Å². The highest BCUT2D eigenvalue weighted by atomic mass is 15.0. The predicted octanol–water partition coefficient (Wildman–Crippen LogP) is 17.4. The highest BCUT2D eigenvalue weighted by Crippen LogP contribution is 2.41. The van der Waals surface area contributed by atoms with E-state index in [-0.39, 0.29) is 0 Å². The van der Waals surface area contributed by atoms with Gasteiger partial charge in [0.1, 0.15) is 0 Å². The van der Waals surface area contributed by atoms with Crippen molar-refractivity contribution in [1.82, 2.24) is 23.7 Å². The van der Waals surface area contributed by atoms with Crippen molar-refractivity contribution in [2.45, 2.75) is 20.8 Å². The smallest absolute Gasteiger partial charge is 0.160 e. The molecule has 14 aromatic rings. The summed E-state index contributed by atoms with van der Waals surface area (Å²) in [5.41, 5.74) is 21.3. The van der Waals surface area contributed by atoms with E-state index in [2.05, 4.69) is 265 Å². The second-order valence-corrected chi connectivity index (χ2v) is 19.3. The van der Waals surface area contributed by atoms with Crippen LogP contribution in [0, 0.1) is 20.8 Å². The van der Waals surface area contributed by atoms with Gasteiger partial charge in [-0.3, -0.25) is 0 Å². The lowest BCUT2D eigenvalue weighted by Crippen LogP contribution is -1.99. The second kappa shape index (κ2) is 16.4. The normalized spacial score (nSPS) is 11.8. The Balaban J connectivity index is 0.899. The number of benzene rings is 10.